The van der Waals surface area contributed by atoms with Gasteiger partial charge in [-0.1, -0.05) is 35.9 Å². The van der Waals surface area contributed by atoms with Gasteiger partial charge < -0.3 is 9.80 Å². The molecule has 0 spiro atoms. The third kappa shape index (κ3) is 2.84. The third-order valence-corrected chi connectivity index (χ3v) is 6.77. The molecule has 1 saturated heterocycles. The van der Waals surface area contributed by atoms with Gasteiger partial charge in [0.25, 0.3) is 5.91 Å². The Balaban J connectivity index is 1.51. The highest BCUT2D eigenvalue weighted by molar-refractivity contribution is 6.14. The number of nitrogens with zero attached hydrogens (tertiary/aromatic N) is 4. The van der Waals surface area contributed by atoms with Gasteiger partial charge in [0.15, 0.2) is 0 Å². The van der Waals surface area contributed by atoms with Gasteiger partial charge in [0.2, 0.25) is 0 Å². The molecule has 2 aliphatic heterocycles. The van der Waals surface area contributed by atoms with E-state index in [9.17, 15) is 4.79 Å². The molecule has 6 rings (SSSR count). The quantitative estimate of drug-likeness (QED) is 0.434. The number of rotatable bonds is 1. The van der Waals surface area contributed by atoms with Crippen molar-refractivity contribution >= 4 is 33.7 Å². The second-order valence-corrected chi connectivity index (χ2v) is 8.85. The average molecular weight is 409 g/mol. The molecule has 0 radical (unpaired) electrons. The van der Waals surface area contributed by atoms with Crippen LogP contribution in [0.15, 0.2) is 60.7 Å². The van der Waals surface area contributed by atoms with Crippen molar-refractivity contribution in [1.29, 1.82) is 0 Å². The second-order valence-electron chi connectivity index (χ2n) is 8.85. The van der Waals surface area contributed by atoms with Gasteiger partial charge in [-0.3, -0.25) is 4.79 Å². The Labute approximate surface area is 181 Å². The van der Waals surface area contributed by atoms with E-state index in [-0.39, 0.29) is 11.9 Å². The zero-order chi connectivity index (χ0) is 21.1. The van der Waals surface area contributed by atoms with Crippen LogP contribution >= 0.6 is 0 Å². The number of anilines is 1. The maximum Gasteiger partial charge on any atom is 0.260 e. The van der Waals surface area contributed by atoms with Gasteiger partial charge in [0.05, 0.1) is 22.1 Å². The van der Waals surface area contributed by atoms with Crippen molar-refractivity contribution in [2.24, 2.45) is 0 Å². The Hall–Kier alpha value is -3.31. The topological polar surface area (TPSA) is 49.3 Å². The van der Waals surface area contributed by atoms with E-state index in [4.69, 9.17) is 9.97 Å². The first-order chi connectivity index (χ1) is 15.1. The summed E-state index contributed by atoms with van der Waals surface area (Å²) in [5.41, 5.74) is 7.29. The molecule has 0 N–H and O–H groups in total. The molecule has 1 fully saturated rings. The minimum Gasteiger partial charge on any atom is -0.306 e. The first-order valence-electron chi connectivity index (χ1n) is 10.9. The van der Waals surface area contributed by atoms with Crippen LogP contribution in [-0.2, 0) is 0 Å². The number of amides is 1. The van der Waals surface area contributed by atoms with E-state index in [1.54, 1.807) is 0 Å². The molecular weight excluding hydrogens is 384 g/mol. The van der Waals surface area contributed by atoms with E-state index < -0.39 is 0 Å². The first kappa shape index (κ1) is 18.5. The summed E-state index contributed by atoms with van der Waals surface area (Å²) < 4.78 is 0. The monoisotopic (exact) mass is 408 g/mol. The number of fused-ring (bicyclic) bond motifs is 5. The number of aryl methyl sites for hydroxylation is 1. The number of likely N-dealkylation sites (tertiary alicyclic amines) is 1. The van der Waals surface area contributed by atoms with E-state index in [1.807, 2.05) is 47.4 Å². The normalized spacial score (nSPS) is 20.8. The number of benzene rings is 3. The van der Waals surface area contributed by atoms with Gasteiger partial charge in [-0.25, -0.2) is 9.97 Å². The Morgan fingerprint density at radius 3 is 2.58 bits per heavy atom. The number of para-hydroxylation sites is 3. The highest BCUT2D eigenvalue weighted by atomic mass is 16.2. The van der Waals surface area contributed by atoms with Crippen LogP contribution < -0.4 is 4.90 Å². The predicted molar refractivity (Wildman–Crippen MR) is 124 cm³/mol. The SMILES string of the molecule is Cc1ccc2c(c1)[C@H]1CN(C)CC[C@@H]1N2C(=O)c1cccc2nc3ccccc3nc12. The highest BCUT2D eigenvalue weighted by Crippen LogP contribution is 2.45. The molecular formula is C26H24N4O. The summed E-state index contributed by atoms with van der Waals surface area (Å²) >= 11 is 0. The third-order valence-electron chi connectivity index (χ3n) is 6.77. The molecule has 0 bridgehead atoms. The van der Waals surface area contributed by atoms with Crippen molar-refractivity contribution in [2.45, 2.75) is 25.3 Å². The van der Waals surface area contributed by atoms with Crippen molar-refractivity contribution in [3.05, 3.63) is 77.4 Å². The maximum absolute atomic E-state index is 14.0. The van der Waals surface area contributed by atoms with Crippen molar-refractivity contribution in [2.75, 3.05) is 25.0 Å². The van der Waals surface area contributed by atoms with Crippen molar-refractivity contribution < 1.29 is 4.79 Å². The lowest BCUT2D eigenvalue weighted by atomic mass is 9.88. The summed E-state index contributed by atoms with van der Waals surface area (Å²) in [6.45, 7) is 4.10. The zero-order valence-corrected chi connectivity index (χ0v) is 17.7. The van der Waals surface area contributed by atoms with Crippen LogP contribution in [0, 0.1) is 6.92 Å². The summed E-state index contributed by atoms with van der Waals surface area (Å²) in [6.07, 6.45) is 0.972. The van der Waals surface area contributed by atoms with Crippen LogP contribution in [-0.4, -0.2) is 47.0 Å². The molecule has 4 aromatic rings. The van der Waals surface area contributed by atoms with Crippen LogP contribution in [0.4, 0.5) is 5.69 Å². The van der Waals surface area contributed by atoms with Gasteiger partial charge in [0.1, 0.15) is 5.52 Å². The summed E-state index contributed by atoms with van der Waals surface area (Å²) in [7, 11) is 2.17. The molecule has 2 atom stereocenters. The van der Waals surface area contributed by atoms with Gasteiger partial charge in [-0.15, -0.1) is 0 Å². The van der Waals surface area contributed by atoms with Crippen LogP contribution in [0.1, 0.15) is 33.8 Å². The van der Waals surface area contributed by atoms with E-state index in [0.717, 1.165) is 41.7 Å². The maximum atomic E-state index is 14.0. The van der Waals surface area contributed by atoms with E-state index in [0.29, 0.717) is 17.0 Å². The Morgan fingerprint density at radius 1 is 0.968 bits per heavy atom. The van der Waals surface area contributed by atoms with E-state index in [2.05, 4.69) is 37.1 Å². The number of likely N-dealkylation sites (N-methyl/N-ethyl adjacent to an activating group) is 1. The van der Waals surface area contributed by atoms with E-state index in [1.165, 1.54) is 11.1 Å². The number of carbonyl (C=O) groups excluding carboxylic acids is 1. The van der Waals surface area contributed by atoms with Gasteiger partial charge in [-0.2, -0.15) is 0 Å². The summed E-state index contributed by atoms with van der Waals surface area (Å²) in [4.78, 5) is 28.0. The standard InChI is InChI=1S/C26H24N4O/c1-16-10-11-23-18(14-16)19-15-29(2)13-12-24(19)30(23)26(31)17-6-5-9-22-25(17)28-21-8-4-3-7-20(21)27-22/h3-11,14,19,24H,12-13,15H2,1-2H3/t19-,24+/m1/s1. The molecule has 5 heteroatoms. The molecule has 5 nitrogen and oxygen atoms in total. The minimum atomic E-state index is 0.0253. The van der Waals surface area contributed by atoms with Crippen molar-refractivity contribution in [3.63, 3.8) is 0 Å². The molecule has 3 heterocycles. The number of piperidine rings is 1. The Kier molecular flexibility index (Phi) is 4.08. The fraction of sp³-hybridized carbons (Fsp3) is 0.269. The minimum absolute atomic E-state index is 0.0253. The van der Waals surface area contributed by atoms with Crippen LogP contribution in [0.2, 0.25) is 0 Å². The number of carbonyl (C=O) groups is 1. The molecule has 154 valence electrons. The van der Waals surface area contributed by atoms with Gasteiger partial charge >= 0.3 is 0 Å². The van der Waals surface area contributed by atoms with E-state index >= 15 is 0 Å². The molecule has 0 unspecified atom stereocenters. The lowest BCUT2D eigenvalue weighted by Crippen LogP contribution is -2.47. The summed E-state index contributed by atoms with van der Waals surface area (Å²) in [5.74, 6) is 0.372. The smallest absolute Gasteiger partial charge is 0.260 e. The molecule has 0 saturated carbocycles. The Morgan fingerprint density at radius 2 is 1.74 bits per heavy atom. The lowest BCUT2D eigenvalue weighted by Gasteiger charge is -2.36. The lowest BCUT2D eigenvalue weighted by molar-refractivity contribution is 0.0966. The first-order valence-corrected chi connectivity index (χ1v) is 10.9. The zero-order valence-electron chi connectivity index (χ0n) is 17.7. The summed E-state index contributed by atoms with van der Waals surface area (Å²) in [5, 5.41) is 0. The van der Waals surface area contributed by atoms with Crippen molar-refractivity contribution in [1.82, 2.24) is 14.9 Å². The molecule has 31 heavy (non-hydrogen) atoms. The fourth-order valence-electron chi connectivity index (χ4n) is 5.29. The fourth-order valence-corrected chi connectivity index (χ4v) is 5.29. The van der Waals surface area contributed by atoms with Crippen LogP contribution in [0.5, 0.6) is 0 Å². The average Bonchev–Trinajstić information content (AvgIpc) is 3.09. The second kappa shape index (κ2) is 6.86. The number of hydrogen-bond acceptors (Lipinski definition) is 4. The molecule has 1 amide bonds. The molecule has 0 aliphatic carbocycles. The predicted octanol–water partition coefficient (Wildman–Crippen LogP) is 4.54. The number of hydrogen-bond donors (Lipinski definition) is 0. The van der Waals surface area contributed by atoms with Crippen molar-refractivity contribution in [3.8, 4) is 0 Å². The van der Waals surface area contributed by atoms with Crippen LogP contribution in [0.3, 0.4) is 0 Å². The largest absolute Gasteiger partial charge is 0.306 e. The molecule has 1 aromatic heterocycles. The number of aromatic nitrogens is 2. The Bertz CT molecular complexity index is 1350. The van der Waals surface area contributed by atoms with Gasteiger partial charge in [-0.05, 0) is 62.8 Å². The van der Waals surface area contributed by atoms with Gasteiger partial charge in [0, 0.05) is 24.2 Å². The summed E-state index contributed by atoms with van der Waals surface area (Å²) in [6, 6.07) is 20.2. The highest BCUT2D eigenvalue weighted by Gasteiger charge is 2.44. The van der Waals surface area contributed by atoms with Crippen LogP contribution in [0.25, 0.3) is 22.1 Å². The molecule has 3 aromatic carbocycles. The molecule has 2 aliphatic rings.